The largest absolute Gasteiger partial charge is 0.361 e. The van der Waals surface area contributed by atoms with E-state index in [1.807, 2.05) is 18.3 Å². The first kappa shape index (κ1) is 7.81. The SMILES string of the molecule is NCC=Cc1cc(I)c[nH]1. The van der Waals surface area contributed by atoms with E-state index in [0.717, 1.165) is 5.69 Å². The highest BCUT2D eigenvalue weighted by atomic mass is 127. The fourth-order valence-corrected chi connectivity index (χ4v) is 1.17. The molecule has 10 heavy (non-hydrogen) atoms. The van der Waals surface area contributed by atoms with E-state index in [0.29, 0.717) is 6.54 Å². The zero-order valence-corrected chi connectivity index (χ0v) is 7.63. The van der Waals surface area contributed by atoms with Crippen LogP contribution in [-0.4, -0.2) is 11.5 Å². The summed E-state index contributed by atoms with van der Waals surface area (Å²) in [6.45, 7) is 0.593. The molecule has 0 saturated heterocycles. The van der Waals surface area contributed by atoms with Crippen molar-refractivity contribution < 1.29 is 0 Å². The van der Waals surface area contributed by atoms with Crippen molar-refractivity contribution in [1.82, 2.24) is 4.98 Å². The molecular formula is C7H9IN2. The van der Waals surface area contributed by atoms with Gasteiger partial charge in [0.15, 0.2) is 0 Å². The van der Waals surface area contributed by atoms with Gasteiger partial charge in [-0.2, -0.15) is 0 Å². The predicted octanol–water partition coefficient (Wildman–Crippen LogP) is 1.59. The maximum absolute atomic E-state index is 5.28. The van der Waals surface area contributed by atoms with Gasteiger partial charge in [0, 0.05) is 22.0 Å². The van der Waals surface area contributed by atoms with E-state index in [2.05, 4.69) is 33.6 Å². The fourth-order valence-electron chi connectivity index (χ4n) is 0.675. The standard InChI is InChI=1S/C7H9IN2/c8-6-4-7(10-5-6)2-1-3-9/h1-2,4-5,10H,3,9H2. The summed E-state index contributed by atoms with van der Waals surface area (Å²) < 4.78 is 1.22. The van der Waals surface area contributed by atoms with Gasteiger partial charge >= 0.3 is 0 Å². The number of nitrogens with two attached hydrogens (primary N) is 1. The summed E-state index contributed by atoms with van der Waals surface area (Å²) in [7, 11) is 0. The van der Waals surface area contributed by atoms with E-state index < -0.39 is 0 Å². The average Bonchev–Trinajstić information content (AvgIpc) is 2.31. The van der Waals surface area contributed by atoms with Gasteiger partial charge in [-0.3, -0.25) is 0 Å². The van der Waals surface area contributed by atoms with Crippen LogP contribution in [0.1, 0.15) is 5.69 Å². The van der Waals surface area contributed by atoms with Crippen molar-refractivity contribution >= 4 is 28.7 Å². The van der Waals surface area contributed by atoms with E-state index in [1.165, 1.54) is 3.57 Å². The Hall–Kier alpha value is -0.290. The van der Waals surface area contributed by atoms with Crippen LogP contribution in [-0.2, 0) is 0 Å². The third-order valence-corrected chi connectivity index (χ3v) is 1.73. The molecule has 3 heteroatoms. The first-order chi connectivity index (χ1) is 4.83. The third-order valence-electron chi connectivity index (χ3n) is 1.10. The maximum atomic E-state index is 5.28. The van der Waals surface area contributed by atoms with Gasteiger partial charge in [-0.05, 0) is 34.7 Å². The number of hydrogen-bond acceptors (Lipinski definition) is 1. The average molecular weight is 248 g/mol. The number of rotatable bonds is 2. The Labute approximate surface area is 73.6 Å². The lowest BCUT2D eigenvalue weighted by molar-refractivity contribution is 1.26. The number of H-pyrrole nitrogens is 1. The molecule has 1 heterocycles. The first-order valence-corrected chi connectivity index (χ1v) is 4.11. The molecule has 0 atom stereocenters. The van der Waals surface area contributed by atoms with Crippen LogP contribution >= 0.6 is 22.6 Å². The van der Waals surface area contributed by atoms with Crippen LogP contribution in [0, 0.1) is 3.57 Å². The molecule has 0 amide bonds. The van der Waals surface area contributed by atoms with Gasteiger partial charge in [0.25, 0.3) is 0 Å². The smallest absolute Gasteiger partial charge is 0.0388 e. The number of nitrogens with one attached hydrogen (secondary N) is 1. The quantitative estimate of drug-likeness (QED) is 0.767. The molecule has 0 aliphatic heterocycles. The Morgan fingerprint density at radius 2 is 2.50 bits per heavy atom. The molecule has 0 radical (unpaired) electrons. The van der Waals surface area contributed by atoms with Crippen molar-refractivity contribution in [3.63, 3.8) is 0 Å². The second-order valence-electron chi connectivity index (χ2n) is 1.91. The lowest BCUT2D eigenvalue weighted by atomic mass is 10.4. The molecule has 54 valence electrons. The Morgan fingerprint density at radius 3 is 3.00 bits per heavy atom. The molecule has 0 aliphatic rings. The minimum Gasteiger partial charge on any atom is -0.361 e. The molecule has 0 unspecified atom stereocenters. The zero-order valence-electron chi connectivity index (χ0n) is 5.47. The minimum absolute atomic E-state index is 0.593. The summed E-state index contributed by atoms with van der Waals surface area (Å²) in [5.74, 6) is 0. The normalized spacial score (nSPS) is 11.0. The van der Waals surface area contributed by atoms with Gasteiger partial charge in [0.2, 0.25) is 0 Å². The molecule has 0 saturated carbocycles. The van der Waals surface area contributed by atoms with E-state index in [-0.39, 0.29) is 0 Å². The highest BCUT2D eigenvalue weighted by Crippen LogP contribution is 2.06. The molecular weight excluding hydrogens is 239 g/mol. The summed E-state index contributed by atoms with van der Waals surface area (Å²) in [6.07, 6.45) is 5.85. The van der Waals surface area contributed by atoms with Crippen molar-refractivity contribution in [3.05, 3.63) is 27.6 Å². The number of hydrogen-bond donors (Lipinski definition) is 2. The molecule has 1 aromatic rings. The van der Waals surface area contributed by atoms with Gasteiger partial charge in [0.1, 0.15) is 0 Å². The molecule has 0 aromatic carbocycles. The molecule has 0 fully saturated rings. The van der Waals surface area contributed by atoms with Crippen LogP contribution in [0.15, 0.2) is 18.3 Å². The van der Waals surface area contributed by atoms with Crippen LogP contribution in [0.25, 0.3) is 6.08 Å². The summed E-state index contributed by atoms with van der Waals surface area (Å²) in [5, 5.41) is 0. The highest BCUT2D eigenvalue weighted by molar-refractivity contribution is 14.1. The molecule has 2 nitrogen and oxygen atoms in total. The van der Waals surface area contributed by atoms with Crippen LogP contribution in [0.3, 0.4) is 0 Å². The molecule has 0 spiro atoms. The Bertz CT molecular complexity index is 227. The molecule has 1 aromatic heterocycles. The predicted molar refractivity (Wildman–Crippen MR) is 51.6 cm³/mol. The minimum atomic E-state index is 0.593. The summed E-state index contributed by atoms with van der Waals surface area (Å²) in [5.41, 5.74) is 6.39. The van der Waals surface area contributed by atoms with E-state index in [9.17, 15) is 0 Å². The number of halogens is 1. The van der Waals surface area contributed by atoms with Gasteiger partial charge < -0.3 is 10.7 Å². The lowest BCUT2D eigenvalue weighted by Gasteiger charge is -1.81. The third kappa shape index (κ3) is 2.15. The molecule has 0 bridgehead atoms. The van der Waals surface area contributed by atoms with Crippen LogP contribution in [0.4, 0.5) is 0 Å². The highest BCUT2D eigenvalue weighted by Gasteiger charge is 1.88. The van der Waals surface area contributed by atoms with Gasteiger partial charge in [-0.25, -0.2) is 0 Å². The van der Waals surface area contributed by atoms with E-state index in [4.69, 9.17) is 5.73 Å². The lowest BCUT2D eigenvalue weighted by Crippen LogP contribution is -1.91. The van der Waals surface area contributed by atoms with Gasteiger partial charge in [0.05, 0.1) is 0 Å². The van der Waals surface area contributed by atoms with Crippen LogP contribution < -0.4 is 5.73 Å². The Kier molecular flexibility index (Phi) is 2.95. The number of aromatic nitrogens is 1. The van der Waals surface area contributed by atoms with Crippen LogP contribution in [0.2, 0.25) is 0 Å². The molecule has 1 rings (SSSR count). The molecule has 3 N–H and O–H groups in total. The first-order valence-electron chi connectivity index (χ1n) is 3.03. The van der Waals surface area contributed by atoms with Gasteiger partial charge in [-0.1, -0.05) is 6.08 Å². The van der Waals surface area contributed by atoms with Crippen molar-refractivity contribution in [2.75, 3.05) is 6.54 Å². The number of aromatic amines is 1. The second-order valence-corrected chi connectivity index (χ2v) is 3.16. The summed E-state index contributed by atoms with van der Waals surface area (Å²) >= 11 is 2.26. The second kappa shape index (κ2) is 3.78. The molecule has 0 aliphatic carbocycles. The van der Waals surface area contributed by atoms with Crippen molar-refractivity contribution in [2.24, 2.45) is 5.73 Å². The topological polar surface area (TPSA) is 41.8 Å². The zero-order chi connectivity index (χ0) is 7.40. The van der Waals surface area contributed by atoms with E-state index >= 15 is 0 Å². The Morgan fingerprint density at radius 1 is 1.70 bits per heavy atom. The van der Waals surface area contributed by atoms with Crippen molar-refractivity contribution in [1.29, 1.82) is 0 Å². The van der Waals surface area contributed by atoms with Crippen LogP contribution in [0.5, 0.6) is 0 Å². The summed E-state index contributed by atoms with van der Waals surface area (Å²) in [6, 6.07) is 2.06. The van der Waals surface area contributed by atoms with Crippen molar-refractivity contribution in [2.45, 2.75) is 0 Å². The Balaban J connectivity index is 2.67. The summed E-state index contributed by atoms with van der Waals surface area (Å²) in [4.78, 5) is 3.09. The monoisotopic (exact) mass is 248 g/mol. The van der Waals surface area contributed by atoms with Gasteiger partial charge in [-0.15, -0.1) is 0 Å². The van der Waals surface area contributed by atoms with E-state index in [1.54, 1.807) is 0 Å². The van der Waals surface area contributed by atoms with Crippen molar-refractivity contribution in [3.8, 4) is 0 Å². The maximum Gasteiger partial charge on any atom is 0.0388 e. The fraction of sp³-hybridized carbons (Fsp3) is 0.143.